The fraction of sp³-hybridized carbons (Fsp3) is 0.533. The minimum Gasteiger partial charge on any atom is -0.354 e. The van der Waals surface area contributed by atoms with Crippen molar-refractivity contribution >= 4 is 18.3 Å². The van der Waals surface area contributed by atoms with Crippen molar-refractivity contribution in [1.29, 1.82) is 0 Å². The van der Waals surface area contributed by atoms with E-state index in [-0.39, 0.29) is 24.4 Å². The summed E-state index contributed by atoms with van der Waals surface area (Å²) in [7, 11) is 0. The molecule has 2 rings (SSSR count). The van der Waals surface area contributed by atoms with Gasteiger partial charge in [0.15, 0.2) is 0 Å². The maximum absolute atomic E-state index is 11.7. The van der Waals surface area contributed by atoms with Crippen LogP contribution >= 0.6 is 12.4 Å². The summed E-state index contributed by atoms with van der Waals surface area (Å²) < 4.78 is 0. The molecule has 0 heterocycles. The maximum Gasteiger partial charge on any atom is 0.224 e. The van der Waals surface area contributed by atoms with Crippen LogP contribution in [0.4, 0.5) is 0 Å². The second-order valence-electron chi connectivity index (χ2n) is 5.15. The van der Waals surface area contributed by atoms with Crippen LogP contribution in [0.2, 0.25) is 0 Å². The van der Waals surface area contributed by atoms with E-state index in [9.17, 15) is 4.79 Å². The molecule has 0 aliphatic heterocycles. The number of nitrogens with two attached hydrogens (primary N) is 1. The first-order chi connectivity index (χ1) is 8.69. The first kappa shape index (κ1) is 16.0. The lowest BCUT2D eigenvalue weighted by molar-refractivity contribution is -0.120. The van der Waals surface area contributed by atoms with Gasteiger partial charge in [-0.3, -0.25) is 4.79 Å². The molecule has 1 amide bonds. The van der Waals surface area contributed by atoms with Gasteiger partial charge < -0.3 is 11.1 Å². The van der Waals surface area contributed by atoms with Crippen LogP contribution in [0.3, 0.4) is 0 Å². The molecule has 106 valence electrons. The molecule has 1 fully saturated rings. The van der Waals surface area contributed by atoms with Gasteiger partial charge in [0.05, 0.1) is 6.42 Å². The Morgan fingerprint density at radius 1 is 1.32 bits per heavy atom. The van der Waals surface area contributed by atoms with Crippen LogP contribution < -0.4 is 11.1 Å². The van der Waals surface area contributed by atoms with E-state index in [0.717, 1.165) is 12.0 Å². The third kappa shape index (κ3) is 5.21. The summed E-state index contributed by atoms with van der Waals surface area (Å²) in [5.74, 6) is 0.699. The second kappa shape index (κ2) is 7.51. The lowest BCUT2D eigenvalue weighted by atomic mass is 10.1. The summed E-state index contributed by atoms with van der Waals surface area (Å²) in [5, 5.41) is 2.92. The second-order valence-corrected chi connectivity index (χ2v) is 5.15. The number of carbonyl (C=O) groups excluding carboxylic acids is 1. The quantitative estimate of drug-likeness (QED) is 0.839. The standard InChI is InChI=1S/C15H22N2O.ClH/c1-2-11-3-5-12(6-4-11)9-15(18)17-10-14(16)13-7-8-13;/h3-6,13-14H,2,7-10,16H2,1H3,(H,17,18);1H. The van der Waals surface area contributed by atoms with E-state index in [0.29, 0.717) is 18.9 Å². The Labute approximate surface area is 121 Å². The lowest BCUT2D eigenvalue weighted by Crippen LogP contribution is -2.39. The van der Waals surface area contributed by atoms with E-state index in [1.165, 1.54) is 18.4 Å². The monoisotopic (exact) mass is 282 g/mol. The highest BCUT2D eigenvalue weighted by Gasteiger charge is 2.28. The molecule has 1 aromatic carbocycles. The van der Waals surface area contributed by atoms with Crippen LogP contribution in [-0.4, -0.2) is 18.5 Å². The Bertz CT molecular complexity index is 401. The minimum absolute atomic E-state index is 0. The molecule has 3 N–H and O–H groups in total. The molecule has 0 bridgehead atoms. The number of carbonyl (C=O) groups is 1. The highest BCUT2D eigenvalue weighted by atomic mass is 35.5. The number of benzene rings is 1. The third-order valence-corrected chi connectivity index (χ3v) is 3.56. The molecule has 1 atom stereocenters. The number of nitrogens with one attached hydrogen (secondary N) is 1. The van der Waals surface area contributed by atoms with Crippen LogP contribution in [-0.2, 0) is 17.6 Å². The van der Waals surface area contributed by atoms with Gasteiger partial charge in [0.2, 0.25) is 5.91 Å². The molecule has 0 saturated heterocycles. The van der Waals surface area contributed by atoms with Gasteiger partial charge in [-0.05, 0) is 36.3 Å². The average Bonchev–Trinajstić information content (AvgIpc) is 3.21. The summed E-state index contributed by atoms with van der Waals surface area (Å²) in [6, 6.07) is 8.35. The van der Waals surface area contributed by atoms with Crippen molar-refractivity contribution in [3.63, 3.8) is 0 Å². The first-order valence-electron chi connectivity index (χ1n) is 6.79. The van der Waals surface area contributed by atoms with Crippen molar-refractivity contribution in [2.45, 2.75) is 38.6 Å². The molecule has 3 nitrogen and oxygen atoms in total. The zero-order chi connectivity index (χ0) is 13.0. The molecule has 1 aliphatic carbocycles. The van der Waals surface area contributed by atoms with E-state index in [1.807, 2.05) is 12.1 Å². The van der Waals surface area contributed by atoms with Gasteiger partial charge in [-0.1, -0.05) is 31.2 Å². The Kier molecular flexibility index (Phi) is 6.32. The fourth-order valence-electron chi connectivity index (χ4n) is 2.06. The van der Waals surface area contributed by atoms with Crippen molar-refractivity contribution < 1.29 is 4.79 Å². The van der Waals surface area contributed by atoms with Gasteiger partial charge in [0.25, 0.3) is 0 Å². The van der Waals surface area contributed by atoms with E-state index in [4.69, 9.17) is 5.73 Å². The highest BCUT2D eigenvalue weighted by molar-refractivity contribution is 5.85. The number of hydrogen-bond acceptors (Lipinski definition) is 2. The molecule has 0 radical (unpaired) electrons. The normalized spacial score (nSPS) is 15.5. The van der Waals surface area contributed by atoms with Gasteiger partial charge in [0, 0.05) is 12.6 Å². The number of hydrogen-bond donors (Lipinski definition) is 2. The van der Waals surface area contributed by atoms with Gasteiger partial charge in [-0.25, -0.2) is 0 Å². The van der Waals surface area contributed by atoms with Gasteiger partial charge in [-0.2, -0.15) is 0 Å². The van der Waals surface area contributed by atoms with E-state index in [2.05, 4.69) is 24.4 Å². The van der Waals surface area contributed by atoms with Crippen LogP contribution in [0.5, 0.6) is 0 Å². The number of rotatable bonds is 6. The van der Waals surface area contributed by atoms with Crippen LogP contribution in [0.25, 0.3) is 0 Å². The van der Waals surface area contributed by atoms with Crippen molar-refractivity contribution in [1.82, 2.24) is 5.32 Å². The number of amides is 1. The molecule has 0 aromatic heterocycles. The van der Waals surface area contributed by atoms with Crippen molar-refractivity contribution in [2.24, 2.45) is 11.7 Å². The minimum atomic E-state index is 0. The zero-order valence-corrected chi connectivity index (χ0v) is 12.2. The smallest absolute Gasteiger partial charge is 0.224 e. The van der Waals surface area contributed by atoms with Crippen LogP contribution in [0.15, 0.2) is 24.3 Å². The zero-order valence-electron chi connectivity index (χ0n) is 11.4. The van der Waals surface area contributed by atoms with Gasteiger partial charge >= 0.3 is 0 Å². The van der Waals surface area contributed by atoms with Crippen molar-refractivity contribution in [2.75, 3.05) is 6.54 Å². The van der Waals surface area contributed by atoms with Gasteiger partial charge in [-0.15, -0.1) is 12.4 Å². The van der Waals surface area contributed by atoms with E-state index >= 15 is 0 Å². The van der Waals surface area contributed by atoms with Crippen LogP contribution in [0, 0.1) is 5.92 Å². The molecule has 4 heteroatoms. The number of aryl methyl sites for hydroxylation is 1. The Morgan fingerprint density at radius 2 is 1.89 bits per heavy atom. The SMILES string of the molecule is CCc1ccc(CC(=O)NCC(N)C2CC2)cc1.Cl. The molecular formula is C15H23ClN2O. The highest BCUT2D eigenvalue weighted by Crippen LogP contribution is 2.31. The predicted octanol–water partition coefficient (Wildman–Crippen LogP) is 2.07. The molecule has 0 spiro atoms. The predicted molar refractivity (Wildman–Crippen MR) is 80.5 cm³/mol. The Morgan fingerprint density at radius 3 is 2.42 bits per heavy atom. The Balaban J connectivity index is 0.00000180. The fourth-order valence-corrected chi connectivity index (χ4v) is 2.06. The summed E-state index contributed by atoms with van der Waals surface area (Å²) in [6.45, 7) is 2.73. The van der Waals surface area contributed by atoms with Crippen LogP contribution in [0.1, 0.15) is 30.9 Å². The van der Waals surface area contributed by atoms with Crippen molar-refractivity contribution in [3.8, 4) is 0 Å². The Hall–Kier alpha value is -1.06. The molecule has 19 heavy (non-hydrogen) atoms. The lowest BCUT2D eigenvalue weighted by Gasteiger charge is -2.11. The number of halogens is 1. The summed E-state index contributed by atoms with van der Waals surface area (Å²) >= 11 is 0. The molecule has 1 unspecified atom stereocenters. The molecular weight excluding hydrogens is 260 g/mol. The molecule has 1 saturated carbocycles. The van der Waals surface area contributed by atoms with Gasteiger partial charge in [0.1, 0.15) is 0 Å². The first-order valence-corrected chi connectivity index (χ1v) is 6.79. The summed E-state index contributed by atoms with van der Waals surface area (Å²) in [5.41, 5.74) is 8.30. The summed E-state index contributed by atoms with van der Waals surface area (Å²) in [4.78, 5) is 11.7. The van der Waals surface area contributed by atoms with E-state index in [1.54, 1.807) is 0 Å². The summed E-state index contributed by atoms with van der Waals surface area (Å²) in [6.07, 6.45) is 3.91. The average molecular weight is 283 g/mol. The third-order valence-electron chi connectivity index (χ3n) is 3.56. The molecule has 1 aliphatic rings. The van der Waals surface area contributed by atoms with E-state index < -0.39 is 0 Å². The maximum atomic E-state index is 11.7. The molecule has 1 aromatic rings. The van der Waals surface area contributed by atoms with Crippen molar-refractivity contribution in [3.05, 3.63) is 35.4 Å². The topological polar surface area (TPSA) is 55.1 Å². The largest absolute Gasteiger partial charge is 0.354 e.